The molecule has 0 saturated heterocycles. The SMILES string of the molecule is CNCc1coc(-c2cccc(Br)c2F)n1. The molecule has 2 rings (SSSR count). The molecule has 0 radical (unpaired) electrons. The van der Waals surface area contributed by atoms with Crippen molar-refractivity contribution in [2.24, 2.45) is 0 Å². The van der Waals surface area contributed by atoms with Crippen LogP contribution in [0.15, 0.2) is 33.4 Å². The summed E-state index contributed by atoms with van der Waals surface area (Å²) in [5.74, 6) is -0.0654. The molecule has 0 unspecified atom stereocenters. The van der Waals surface area contributed by atoms with E-state index in [4.69, 9.17) is 4.42 Å². The summed E-state index contributed by atoms with van der Waals surface area (Å²) in [6.07, 6.45) is 1.52. The first-order valence-electron chi connectivity index (χ1n) is 4.75. The van der Waals surface area contributed by atoms with Crippen molar-refractivity contribution >= 4 is 15.9 Å². The minimum absolute atomic E-state index is 0.295. The maximum atomic E-state index is 13.7. The Balaban J connectivity index is 2.39. The maximum Gasteiger partial charge on any atom is 0.229 e. The minimum Gasteiger partial charge on any atom is -0.444 e. The fourth-order valence-corrected chi connectivity index (χ4v) is 1.73. The summed E-state index contributed by atoms with van der Waals surface area (Å²) in [7, 11) is 1.81. The summed E-state index contributed by atoms with van der Waals surface area (Å²) in [5, 5.41) is 2.95. The number of hydrogen-bond acceptors (Lipinski definition) is 3. The first-order chi connectivity index (χ1) is 7.72. The van der Waals surface area contributed by atoms with Crippen molar-refractivity contribution in [2.75, 3.05) is 7.05 Å². The van der Waals surface area contributed by atoms with E-state index in [0.29, 0.717) is 22.5 Å². The number of benzene rings is 1. The Morgan fingerprint density at radius 3 is 3.06 bits per heavy atom. The molecule has 0 amide bonds. The van der Waals surface area contributed by atoms with E-state index in [2.05, 4.69) is 26.2 Å². The summed E-state index contributed by atoms with van der Waals surface area (Å²) in [6, 6.07) is 5.01. The first-order valence-corrected chi connectivity index (χ1v) is 5.55. The van der Waals surface area contributed by atoms with Crippen LogP contribution in [0.3, 0.4) is 0 Å². The molecule has 0 atom stereocenters. The van der Waals surface area contributed by atoms with Gasteiger partial charge in [-0.15, -0.1) is 0 Å². The fraction of sp³-hybridized carbons (Fsp3) is 0.182. The lowest BCUT2D eigenvalue weighted by atomic mass is 10.2. The number of oxazole rings is 1. The highest BCUT2D eigenvalue weighted by Gasteiger charge is 2.13. The smallest absolute Gasteiger partial charge is 0.229 e. The van der Waals surface area contributed by atoms with Gasteiger partial charge in [0.1, 0.15) is 12.1 Å². The average molecular weight is 285 g/mol. The van der Waals surface area contributed by atoms with Gasteiger partial charge < -0.3 is 9.73 Å². The van der Waals surface area contributed by atoms with Gasteiger partial charge in [0.05, 0.1) is 15.7 Å². The van der Waals surface area contributed by atoms with Crippen molar-refractivity contribution in [3.63, 3.8) is 0 Å². The molecule has 0 bridgehead atoms. The molecule has 1 heterocycles. The van der Waals surface area contributed by atoms with Crippen LogP contribution in [-0.2, 0) is 6.54 Å². The molecule has 0 aliphatic rings. The summed E-state index contributed by atoms with van der Waals surface area (Å²) in [4.78, 5) is 4.18. The van der Waals surface area contributed by atoms with Gasteiger partial charge in [-0.25, -0.2) is 9.37 Å². The largest absolute Gasteiger partial charge is 0.444 e. The molecule has 3 nitrogen and oxygen atoms in total. The fourth-order valence-electron chi connectivity index (χ4n) is 1.36. The van der Waals surface area contributed by atoms with E-state index >= 15 is 0 Å². The van der Waals surface area contributed by atoms with Crippen LogP contribution in [0.2, 0.25) is 0 Å². The summed E-state index contributed by atoms with van der Waals surface area (Å²) in [5.41, 5.74) is 1.11. The highest BCUT2D eigenvalue weighted by atomic mass is 79.9. The lowest BCUT2D eigenvalue weighted by Gasteiger charge is -1.99. The van der Waals surface area contributed by atoms with Crippen molar-refractivity contribution in [3.05, 3.63) is 40.4 Å². The van der Waals surface area contributed by atoms with Gasteiger partial charge in [-0.05, 0) is 35.1 Å². The van der Waals surface area contributed by atoms with Crippen molar-refractivity contribution in [2.45, 2.75) is 6.54 Å². The molecule has 1 N–H and O–H groups in total. The van der Waals surface area contributed by atoms with Gasteiger partial charge in [0.2, 0.25) is 5.89 Å². The predicted octanol–water partition coefficient (Wildman–Crippen LogP) is 2.96. The molecule has 1 aromatic carbocycles. The second-order valence-corrected chi connectivity index (χ2v) is 4.13. The number of nitrogens with zero attached hydrogens (tertiary/aromatic N) is 1. The third-order valence-electron chi connectivity index (χ3n) is 2.09. The number of nitrogens with one attached hydrogen (secondary N) is 1. The Kier molecular flexibility index (Phi) is 3.36. The van der Waals surface area contributed by atoms with Crippen LogP contribution in [-0.4, -0.2) is 12.0 Å². The van der Waals surface area contributed by atoms with Crippen LogP contribution < -0.4 is 5.32 Å². The third kappa shape index (κ3) is 2.15. The molecule has 0 aliphatic heterocycles. The minimum atomic E-state index is -0.361. The van der Waals surface area contributed by atoms with Crippen molar-refractivity contribution in [1.29, 1.82) is 0 Å². The number of halogens is 2. The van der Waals surface area contributed by atoms with Crippen LogP contribution in [0.4, 0.5) is 4.39 Å². The lowest BCUT2D eigenvalue weighted by Crippen LogP contribution is -2.04. The second-order valence-electron chi connectivity index (χ2n) is 3.28. The zero-order valence-corrected chi connectivity index (χ0v) is 10.2. The molecule has 0 saturated carbocycles. The van der Waals surface area contributed by atoms with Gasteiger partial charge >= 0.3 is 0 Å². The van der Waals surface area contributed by atoms with Crippen LogP contribution >= 0.6 is 15.9 Å². The van der Waals surface area contributed by atoms with Crippen LogP contribution in [0.1, 0.15) is 5.69 Å². The van der Waals surface area contributed by atoms with Crippen LogP contribution in [0.25, 0.3) is 11.5 Å². The molecule has 16 heavy (non-hydrogen) atoms. The van der Waals surface area contributed by atoms with E-state index in [1.807, 2.05) is 7.05 Å². The molecule has 1 aromatic heterocycles. The Morgan fingerprint density at radius 2 is 2.31 bits per heavy atom. The summed E-state index contributed by atoms with van der Waals surface area (Å²) < 4.78 is 19.3. The predicted molar refractivity (Wildman–Crippen MR) is 62.4 cm³/mol. The zero-order valence-electron chi connectivity index (χ0n) is 8.63. The van der Waals surface area contributed by atoms with Gasteiger partial charge in [-0.3, -0.25) is 0 Å². The highest BCUT2D eigenvalue weighted by Crippen LogP contribution is 2.27. The Morgan fingerprint density at radius 1 is 1.50 bits per heavy atom. The van der Waals surface area contributed by atoms with Crippen LogP contribution in [0, 0.1) is 5.82 Å². The van der Waals surface area contributed by atoms with Gasteiger partial charge in [0, 0.05) is 6.54 Å². The van der Waals surface area contributed by atoms with Gasteiger partial charge in [-0.2, -0.15) is 0 Å². The molecule has 0 spiro atoms. The van der Waals surface area contributed by atoms with Gasteiger partial charge in [-0.1, -0.05) is 6.07 Å². The number of rotatable bonds is 3. The second kappa shape index (κ2) is 4.76. The molecular formula is C11H10BrFN2O. The molecule has 0 aliphatic carbocycles. The van der Waals surface area contributed by atoms with E-state index in [1.54, 1.807) is 18.2 Å². The summed E-state index contributed by atoms with van der Waals surface area (Å²) >= 11 is 3.12. The zero-order chi connectivity index (χ0) is 11.5. The molecule has 0 fully saturated rings. The van der Waals surface area contributed by atoms with E-state index in [0.717, 1.165) is 5.69 Å². The normalized spacial score (nSPS) is 10.7. The van der Waals surface area contributed by atoms with Gasteiger partial charge in [0.25, 0.3) is 0 Å². The molecule has 84 valence electrons. The topological polar surface area (TPSA) is 38.1 Å². The maximum absolute atomic E-state index is 13.7. The number of hydrogen-bond donors (Lipinski definition) is 1. The first kappa shape index (κ1) is 11.3. The highest BCUT2D eigenvalue weighted by molar-refractivity contribution is 9.10. The van der Waals surface area contributed by atoms with E-state index in [-0.39, 0.29) is 5.82 Å². The number of aromatic nitrogens is 1. The Hall–Kier alpha value is -1.20. The van der Waals surface area contributed by atoms with Crippen LogP contribution in [0.5, 0.6) is 0 Å². The van der Waals surface area contributed by atoms with Crippen molar-refractivity contribution in [1.82, 2.24) is 10.3 Å². The van der Waals surface area contributed by atoms with Gasteiger partial charge in [0.15, 0.2) is 0 Å². The van der Waals surface area contributed by atoms with E-state index in [1.165, 1.54) is 6.26 Å². The Bertz CT molecular complexity index is 498. The average Bonchev–Trinajstić information content (AvgIpc) is 2.71. The van der Waals surface area contributed by atoms with Crippen molar-refractivity contribution in [3.8, 4) is 11.5 Å². The monoisotopic (exact) mass is 284 g/mol. The quantitative estimate of drug-likeness (QED) is 0.942. The summed E-state index contributed by atoms with van der Waals surface area (Å²) in [6.45, 7) is 0.596. The lowest BCUT2D eigenvalue weighted by molar-refractivity contribution is 0.558. The molecule has 2 aromatic rings. The molecular weight excluding hydrogens is 275 g/mol. The van der Waals surface area contributed by atoms with E-state index < -0.39 is 0 Å². The van der Waals surface area contributed by atoms with E-state index in [9.17, 15) is 4.39 Å². The third-order valence-corrected chi connectivity index (χ3v) is 2.70. The Labute approximate surface area is 101 Å². The molecule has 5 heteroatoms. The standard InChI is InChI=1S/C11H10BrFN2O/c1-14-5-7-6-16-11(15-7)8-3-2-4-9(12)10(8)13/h2-4,6,14H,5H2,1H3. The van der Waals surface area contributed by atoms with Crippen molar-refractivity contribution < 1.29 is 8.81 Å².